The number of anilines is 2. The number of nitrogens with zero attached hydrogens (tertiary/aromatic N) is 3. The van der Waals surface area contributed by atoms with Gasteiger partial charge in [-0.05, 0) is 54.5 Å². The molecule has 8 heteroatoms. The SMILES string of the molecule is Cc1cc(NC(=O)C(=O)N2C[C@@H](C)CC[C@@H]2c2ccc(-c3ccn[nH]3)cc2)cnc1N. The normalized spacial score (nSPS) is 18.6. The Morgan fingerprint density at radius 2 is 1.97 bits per heavy atom. The molecule has 1 saturated heterocycles. The van der Waals surface area contributed by atoms with Crippen molar-refractivity contribution in [3.63, 3.8) is 0 Å². The number of aromatic amines is 1. The lowest BCUT2D eigenvalue weighted by molar-refractivity contribution is -0.146. The van der Waals surface area contributed by atoms with Gasteiger partial charge in [0.15, 0.2) is 0 Å². The molecule has 0 radical (unpaired) electrons. The topological polar surface area (TPSA) is 117 Å². The first-order chi connectivity index (χ1) is 14.9. The van der Waals surface area contributed by atoms with E-state index in [1.807, 2.05) is 30.3 Å². The van der Waals surface area contributed by atoms with Gasteiger partial charge < -0.3 is 16.0 Å². The van der Waals surface area contributed by atoms with Crippen LogP contribution in [0.15, 0.2) is 48.8 Å². The van der Waals surface area contributed by atoms with Gasteiger partial charge in [-0.25, -0.2) is 4.98 Å². The molecule has 0 spiro atoms. The molecule has 31 heavy (non-hydrogen) atoms. The quantitative estimate of drug-likeness (QED) is 0.564. The summed E-state index contributed by atoms with van der Waals surface area (Å²) in [4.78, 5) is 31.5. The van der Waals surface area contributed by atoms with Gasteiger partial charge in [0.2, 0.25) is 0 Å². The molecule has 0 bridgehead atoms. The smallest absolute Gasteiger partial charge is 0.313 e. The molecule has 8 nitrogen and oxygen atoms in total. The Morgan fingerprint density at radius 1 is 1.19 bits per heavy atom. The molecule has 1 aliphatic heterocycles. The summed E-state index contributed by atoms with van der Waals surface area (Å²) < 4.78 is 0. The fourth-order valence-corrected chi connectivity index (χ4v) is 3.99. The molecule has 3 aromatic rings. The van der Waals surface area contributed by atoms with Gasteiger partial charge in [0.1, 0.15) is 5.82 Å². The van der Waals surface area contributed by atoms with Crippen LogP contribution in [-0.4, -0.2) is 38.4 Å². The van der Waals surface area contributed by atoms with Gasteiger partial charge in [0.25, 0.3) is 0 Å². The van der Waals surface area contributed by atoms with Crippen LogP contribution in [0.5, 0.6) is 0 Å². The summed E-state index contributed by atoms with van der Waals surface area (Å²) >= 11 is 0. The minimum Gasteiger partial charge on any atom is -0.383 e. The molecule has 1 aliphatic rings. The van der Waals surface area contributed by atoms with E-state index in [2.05, 4.69) is 27.4 Å². The monoisotopic (exact) mass is 418 g/mol. The number of H-pyrrole nitrogens is 1. The van der Waals surface area contributed by atoms with E-state index in [1.165, 1.54) is 6.20 Å². The maximum Gasteiger partial charge on any atom is 0.313 e. The number of benzene rings is 1. The number of hydrogen-bond acceptors (Lipinski definition) is 5. The molecule has 2 amide bonds. The van der Waals surface area contributed by atoms with E-state index in [-0.39, 0.29) is 6.04 Å². The number of carbonyl (C=O) groups excluding carboxylic acids is 2. The van der Waals surface area contributed by atoms with E-state index in [1.54, 1.807) is 24.1 Å². The number of carbonyl (C=O) groups is 2. The number of nitrogens with one attached hydrogen (secondary N) is 2. The lowest BCUT2D eigenvalue weighted by Gasteiger charge is -2.38. The van der Waals surface area contributed by atoms with E-state index in [9.17, 15) is 9.59 Å². The lowest BCUT2D eigenvalue weighted by atomic mass is 9.89. The lowest BCUT2D eigenvalue weighted by Crippen LogP contribution is -2.46. The minimum atomic E-state index is -0.667. The molecule has 1 fully saturated rings. The molecule has 0 aliphatic carbocycles. The van der Waals surface area contributed by atoms with E-state index in [0.29, 0.717) is 24.0 Å². The summed E-state index contributed by atoms with van der Waals surface area (Å²) in [6.07, 6.45) is 4.98. The summed E-state index contributed by atoms with van der Waals surface area (Å²) in [5.74, 6) is -0.478. The van der Waals surface area contributed by atoms with Gasteiger partial charge in [-0.2, -0.15) is 5.10 Å². The second-order valence-corrected chi connectivity index (χ2v) is 8.13. The summed E-state index contributed by atoms with van der Waals surface area (Å²) in [5.41, 5.74) is 9.90. The second-order valence-electron chi connectivity index (χ2n) is 8.13. The maximum absolute atomic E-state index is 13.1. The standard InChI is InChI=1S/C23H26N6O2/c1-14-3-8-20(17-6-4-16(5-7-17)19-9-10-26-28-19)29(13-14)23(31)22(30)27-18-11-15(2)21(24)25-12-18/h4-7,9-12,14,20H,3,8,13H2,1-2H3,(H2,24,25)(H,26,28)(H,27,30)/t14-,20+/m0/s1. The van der Waals surface area contributed by atoms with Crippen molar-refractivity contribution in [2.45, 2.75) is 32.7 Å². The molecule has 2 aromatic heterocycles. The van der Waals surface area contributed by atoms with Crippen LogP contribution in [0.2, 0.25) is 0 Å². The molecule has 160 valence electrons. The first-order valence-corrected chi connectivity index (χ1v) is 10.4. The second kappa shape index (κ2) is 8.59. The summed E-state index contributed by atoms with van der Waals surface area (Å²) in [5, 5.41) is 9.60. The van der Waals surface area contributed by atoms with Crippen molar-refractivity contribution >= 4 is 23.3 Å². The van der Waals surface area contributed by atoms with Crippen LogP contribution in [0.3, 0.4) is 0 Å². The Balaban J connectivity index is 1.53. The van der Waals surface area contributed by atoms with Crippen LogP contribution in [0.25, 0.3) is 11.3 Å². The van der Waals surface area contributed by atoms with Gasteiger partial charge >= 0.3 is 11.8 Å². The van der Waals surface area contributed by atoms with Crippen LogP contribution in [0.1, 0.15) is 36.9 Å². The molecule has 0 saturated carbocycles. The molecule has 3 heterocycles. The van der Waals surface area contributed by atoms with Crippen molar-refractivity contribution in [3.05, 3.63) is 59.9 Å². The highest BCUT2D eigenvalue weighted by molar-refractivity contribution is 6.39. The van der Waals surface area contributed by atoms with E-state index in [0.717, 1.165) is 35.2 Å². The van der Waals surface area contributed by atoms with Gasteiger partial charge in [0.05, 0.1) is 23.6 Å². The van der Waals surface area contributed by atoms with Crippen molar-refractivity contribution in [2.24, 2.45) is 5.92 Å². The first kappa shape index (κ1) is 20.6. The highest BCUT2D eigenvalue weighted by Gasteiger charge is 2.34. The van der Waals surface area contributed by atoms with Crippen LogP contribution < -0.4 is 11.1 Å². The zero-order chi connectivity index (χ0) is 22.0. The predicted molar refractivity (Wildman–Crippen MR) is 119 cm³/mol. The highest BCUT2D eigenvalue weighted by atomic mass is 16.2. The van der Waals surface area contributed by atoms with Crippen molar-refractivity contribution in [1.29, 1.82) is 0 Å². The molecular formula is C23H26N6O2. The van der Waals surface area contributed by atoms with Gasteiger partial charge in [-0.3, -0.25) is 14.7 Å². The maximum atomic E-state index is 13.1. The van der Waals surface area contributed by atoms with E-state index in [4.69, 9.17) is 5.73 Å². The summed E-state index contributed by atoms with van der Waals surface area (Å²) in [6.45, 7) is 4.44. The van der Waals surface area contributed by atoms with Crippen LogP contribution in [-0.2, 0) is 9.59 Å². The Kier molecular flexibility index (Phi) is 5.70. The minimum absolute atomic E-state index is 0.142. The Hall–Kier alpha value is -3.68. The number of aromatic nitrogens is 3. The summed E-state index contributed by atoms with van der Waals surface area (Å²) in [6, 6.07) is 11.5. The van der Waals surface area contributed by atoms with Crippen LogP contribution in [0, 0.1) is 12.8 Å². The van der Waals surface area contributed by atoms with E-state index >= 15 is 0 Å². The fourth-order valence-electron chi connectivity index (χ4n) is 3.99. The number of rotatable bonds is 3. The number of pyridine rings is 1. The van der Waals surface area contributed by atoms with Gasteiger partial charge in [0, 0.05) is 12.7 Å². The Bertz CT molecular complexity index is 1080. The van der Waals surface area contributed by atoms with Crippen molar-refractivity contribution in [3.8, 4) is 11.3 Å². The molecule has 4 rings (SSSR count). The largest absolute Gasteiger partial charge is 0.383 e. The third-order valence-corrected chi connectivity index (χ3v) is 5.76. The molecule has 1 aromatic carbocycles. The zero-order valence-corrected chi connectivity index (χ0v) is 17.6. The number of piperidine rings is 1. The number of amides is 2. The Labute approximate surface area is 180 Å². The highest BCUT2D eigenvalue weighted by Crippen LogP contribution is 2.34. The van der Waals surface area contributed by atoms with Gasteiger partial charge in [-0.1, -0.05) is 31.2 Å². The van der Waals surface area contributed by atoms with Crippen molar-refractivity contribution < 1.29 is 9.59 Å². The first-order valence-electron chi connectivity index (χ1n) is 10.4. The van der Waals surface area contributed by atoms with Crippen LogP contribution in [0.4, 0.5) is 11.5 Å². The molecular weight excluding hydrogens is 392 g/mol. The number of nitrogens with two attached hydrogens (primary N) is 1. The predicted octanol–water partition coefficient (Wildman–Crippen LogP) is 3.30. The molecule has 4 N–H and O–H groups in total. The zero-order valence-electron chi connectivity index (χ0n) is 17.6. The third-order valence-electron chi connectivity index (χ3n) is 5.76. The fraction of sp³-hybridized carbons (Fsp3) is 0.304. The van der Waals surface area contributed by atoms with Gasteiger partial charge in [-0.15, -0.1) is 0 Å². The number of nitrogen functional groups attached to an aromatic ring is 1. The Morgan fingerprint density at radius 3 is 2.65 bits per heavy atom. The van der Waals surface area contributed by atoms with Crippen molar-refractivity contribution in [1.82, 2.24) is 20.1 Å². The summed E-state index contributed by atoms with van der Waals surface area (Å²) in [7, 11) is 0. The van der Waals surface area contributed by atoms with Crippen LogP contribution >= 0.6 is 0 Å². The number of aryl methyl sites for hydroxylation is 1. The number of likely N-dealkylation sites (tertiary alicyclic amines) is 1. The third kappa shape index (κ3) is 4.42. The average Bonchev–Trinajstić information content (AvgIpc) is 3.31. The number of hydrogen-bond donors (Lipinski definition) is 3. The van der Waals surface area contributed by atoms with Crippen molar-refractivity contribution in [2.75, 3.05) is 17.6 Å². The molecule has 2 atom stereocenters. The average molecular weight is 419 g/mol. The molecule has 0 unspecified atom stereocenters. The van der Waals surface area contributed by atoms with E-state index < -0.39 is 11.8 Å².